The van der Waals surface area contributed by atoms with Gasteiger partial charge in [-0.3, -0.25) is 4.79 Å². The Balaban J connectivity index is 1.80. The van der Waals surface area contributed by atoms with E-state index in [9.17, 15) is 4.79 Å². The molecule has 0 radical (unpaired) electrons. The SMILES string of the molecule is Cc1ccc(OCC(=O)N/N=C\c2ccccc2Cl)cc1. The fraction of sp³-hybridized carbons (Fsp3) is 0.125. The molecule has 0 saturated carbocycles. The van der Waals surface area contributed by atoms with Gasteiger partial charge in [0.05, 0.1) is 6.21 Å². The number of nitrogens with zero attached hydrogens (tertiary/aromatic N) is 1. The number of hydrazone groups is 1. The van der Waals surface area contributed by atoms with E-state index in [1.54, 1.807) is 12.1 Å². The summed E-state index contributed by atoms with van der Waals surface area (Å²) < 4.78 is 5.34. The van der Waals surface area contributed by atoms with Gasteiger partial charge >= 0.3 is 0 Å². The van der Waals surface area contributed by atoms with Crippen LogP contribution in [0.15, 0.2) is 53.6 Å². The molecule has 1 N–H and O–H groups in total. The summed E-state index contributed by atoms with van der Waals surface area (Å²) in [4.78, 5) is 11.6. The van der Waals surface area contributed by atoms with Crippen LogP contribution in [0.2, 0.25) is 5.02 Å². The molecule has 0 aliphatic heterocycles. The Hall–Kier alpha value is -2.33. The predicted molar refractivity (Wildman–Crippen MR) is 83.9 cm³/mol. The third kappa shape index (κ3) is 4.93. The molecule has 1 amide bonds. The molecule has 0 unspecified atom stereocenters. The molecule has 4 nitrogen and oxygen atoms in total. The van der Waals surface area contributed by atoms with E-state index in [-0.39, 0.29) is 12.5 Å². The number of aryl methyl sites for hydroxylation is 1. The van der Waals surface area contributed by atoms with Crippen LogP contribution >= 0.6 is 11.6 Å². The molecular weight excluding hydrogens is 288 g/mol. The van der Waals surface area contributed by atoms with E-state index in [1.165, 1.54) is 6.21 Å². The van der Waals surface area contributed by atoms with Crippen molar-refractivity contribution in [3.63, 3.8) is 0 Å². The minimum Gasteiger partial charge on any atom is -0.484 e. The number of hydrogen-bond acceptors (Lipinski definition) is 3. The smallest absolute Gasteiger partial charge is 0.277 e. The van der Waals surface area contributed by atoms with Gasteiger partial charge in [-0.15, -0.1) is 0 Å². The summed E-state index contributed by atoms with van der Waals surface area (Å²) in [5.41, 5.74) is 4.26. The molecule has 0 aliphatic carbocycles. The molecular formula is C16H15ClN2O2. The second-order valence-electron chi connectivity index (χ2n) is 4.42. The molecule has 21 heavy (non-hydrogen) atoms. The monoisotopic (exact) mass is 302 g/mol. The normalized spacial score (nSPS) is 10.6. The number of ether oxygens (including phenoxy) is 1. The molecule has 0 heterocycles. The van der Waals surface area contributed by atoms with Crippen molar-refractivity contribution in [1.82, 2.24) is 5.43 Å². The van der Waals surface area contributed by atoms with Crippen molar-refractivity contribution in [3.05, 3.63) is 64.7 Å². The molecule has 2 rings (SSSR count). The molecule has 5 heteroatoms. The van der Waals surface area contributed by atoms with Crippen LogP contribution in [0.25, 0.3) is 0 Å². The van der Waals surface area contributed by atoms with Gasteiger partial charge in [0.2, 0.25) is 0 Å². The molecule has 0 spiro atoms. The van der Waals surface area contributed by atoms with Gasteiger partial charge in [-0.1, -0.05) is 47.5 Å². The Labute approximate surface area is 128 Å². The summed E-state index contributed by atoms with van der Waals surface area (Å²) in [5.74, 6) is 0.310. The third-order valence-electron chi connectivity index (χ3n) is 2.69. The second kappa shape index (κ2) is 7.45. The molecule has 0 aliphatic rings. The van der Waals surface area contributed by atoms with Crippen molar-refractivity contribution in [1.29, 1.82) is 0 Å². The highest BCUT2D eigenvalue weighted by molar-refractivity contribution is 6.33. The maximum absolute atomic E-state index is 11.6. The van der Waals surface area contributed by atoms with Crippen LogP contribution in [-0.2, 0) is 4.79 Å². The maximum Gasteiger partial charge on any atom is 0.277 e. The van der Waals surface area contributed by atoms with Gasteiger partial charge in [-0.2, -0.15) is 5.10 Å². The van der Waals surface area contributed by atoms with Crippen LogP contribution in [0.1, 0.15) is 11.1 Å². The Morgan fingerprint density at radius 2 is 1.95 bits per heavy atom. The van der Waals surface area contributed by atoms with Crippen LogP contribution < -0.4 is 10.2 Å². The highest BCUT2D eigenvalue weighted by atomic mass is 35.5. The zero-order valence-corrected chi connectivity index (χ0v) is 12.3. The van der Waals surface area contributed by atoms with Crippen molar-refractivity contribution in [2.45, 2.75) is 6.92 Å². The molecule has 2 aromatic carbocycles. The van der Waals surface area contributed by atoms with Gasteiger partial charge in [0, 0.05) is 10.6 Å². The molecule has 0 atom stereocenters. The number of hydrogen-bond donors (Lipinski definition) is 1. The summed E-state index contributed by atoms with van der Waals surface area (Å²) in [6.45, 7) is 1.89. The fourth-order valence-corrected chi connectivity index (χ4v) is 1.75. The largest absolute Gasteiger partial charge is 0.484 e. The van der Waals surface area contributed by atoms with Crippen molar-refractivity contribution in [2.75, 3.05) is 6.61 Å². The molecule has 0 bridgehead atoms. The summed E-state index contributed by atoms with van der Waals surface area (Å²) >= 11 is 5.96. The summed E-state index contributed by atoms with van der Waals surface area (Å²) in [5, 5.41) is 4.42. The van der Waals surface area contributed by atoms with Crippen molar-refractivity contribution in [3.8, 4) is 5.75 Å². The molecule has 0 saturated heterocycles. The number of halogens is 1. The lowest BCUT2D eigenvalue weighted by Gasteiger charge is -2.05. The number of nitrogens with one attached hydrogen (secondary N) is 1. The number of rotatable bonds is 5. The first-order chi connectivity index (χ1) is 10.1. The first-order valence-corrected chi connectivity index (χ1v) is 6.79. The van der Waals surface area contributed by atoms with E-state index >= 15 is 0 Å². The van der Waals surface area contributed by atoms with E-state index in [0.29, 0.717) is 10.8 Å². The van der Waals surface area contributed by atoms with Crippen LogP contribution in [0, 0.1) is 6.92 Å². The second-order valence-corrected chi connectivity index (χ2v) is 4.82. The highest BCUT2D eigenvalue weighted by Gasteiger charge is 2.01. The molecule has 108 valence electrons. The molecule has 2 aromatic rings. The van der Waals surface area contributed by atoms with Crippen LogP contribution in [0.5, 0.6) is 5.75 Å². The topological polar surface area (TPSA) is 50.7 Å². The quantitative estimate of drug-likeness (QED) is 0.681. The summed E-state index contributed by atoms with van der Waals surface area (Å²) in [6, 6.07) is 14.7. The van der Waals surface area contributed by atoms with Gasteiger partial charge in [-0.05, 0) is 25.1 Å². The highest BCUT2D eigenvalue weighted by Crippen LogP contribution is 2.12. The van der Waals surface area contributed by atoms with Crippen molar-refractivity contribution in [2.24, 2.45) is 5.10 Å². The van der Waals surface area contributed by atoms with Gasteiger partial charge in [-0.25, -0.2) is 5.43 Å². The lowest BCUT2D eigenvalue weighted by molar-refractivity contribution is -0.123. The van der Waals surface area contributed by atoms with Crippen LogP contribution in [0.4, 0.5) is 0 Å². The zero-order chi connectivity index (χ0) is 15.1. The first-order valence-electron chi connectivity index (χ1n) is 6.41. The summed E-state index contributed by atoms with van der Waals surface area (Å²) in [6.07, 6.45) is 1.49. The van der Waals surface area contributed by atoms with Crippen molar-refractivity contribution >= 4 is 23.7 Å². The van der Waals surface area contributed by atoms with Gasteiger partial charge in [0.15, 0.2) is 6.61 Å². The van der Waals surface area contributed by atoms with E-state index in [1.807, 2.05) is 43.3 Å². The number of benzene rings is 2. The van der Waals surface area contributed by atoms with E-state index < -0.39 is 0 Å². The molecule has 0 fully saturated rings. The Morgan fingerprint density at radius 3 is 2.67 bits per heavy atom. The fourth-order valence-electron chi connectivity index (χ4n) is 1.57. The Morgan fingerprint density at radius 1 is 1.24 bits per heavy atom. The van der Waals surface area contributed by atoms with E-state index in [2.05, 4.69) is 10.5 Å². The molecule has 0 aromatic heterocycles. The van der Waals surface area contributed by atoms with Crippen LogP contribution in [-0.4, -0.2) is 18.7 Å². The van der Waals surface area contributed by atoms with Crippen LogP contribution in [0.3, 0.4) is 0 Å². The third-order valence-corrected chi connectivity index (χ3v) is 3.03. The zero-order valence-electron chi connectivity index (χ0n) is 11.5. The average molecular weight is 303 g/mol. The predicted octanol–water partition coefficient (Wildman–Crippen LogP) is 3.18. The summed E-state index contributed by atoms with van der Waals surface area (Å²) in [7, 11) is 0. The minimum atomic E-state index is -0.334. The number of amides is 1. The van der Waals surface area contributed by atoms with E-state index in [4.69, 9.17) is 16.3 Å². The Kier molecular flexibility index (Phi) is 5.35. The number of carbonyl (C=O) groups is 1. The Bertz CT molecular complexity index is 639. The maximum atomic E-state index is 11.6. The lowest BCUT2D eigenvalue weighted by atomic mass is 10.2. The van der Waals surface area contributed by atoms with Gasteiger partial charge in [0.1, 0.15) is 5.75 Å². The average Bonchev–Trinajstić information content (AvgIpc) is 2.49. The minimum absolute atomic E-state index is 0.0943. The first kappa shape index (κ1) is 15.1. The number of carbonyl (C=O) groups excluding carboxylic acids is 1. The lowest BCUT2D eigenvalue weighted by Crippen LogP contribution is -2.24. The van der Waals surface area contributed by atoms with Gasteiger partial charge < -0.3 is 4.74 Å². The standard InChI is InChI=1S/C16H15ClN2O2/c1-12-6-8-14(9-7-12)21-11-16(20)19-18-10-13-4-2-3-5-15(13)17/h2-10H,11H2,1H3,(H,19,20)/b18-10-. The van der Waals surface area contributed by atoms with E-state index in [0.717, 1.165) is 11.1 Å². The van der Waals surface area contributed by atoms with Crippen molar-refractivity contribution < 1.29 is 9.53 Å². The van der Waals surface area contributed by atoms with Gasteiger partial charge in [0.25, 0.3) is 5.91 Å².